The summed E-state index contributed by atoms with van der Waals surface area (Å²) in [6.07, 6.45) is 28.4. The zero-order valence-corrected chi connectivity index (χ0v) is 29.9. The molecule has 0 unspecified atom stereocenters. The molecule has 0 aromatic heterocycles. The number of aliphatic hydroxyl groups is 1. The molecule has 1 rings (SSSR count). The molecule has 6 nitrogen and oxygen atoms in total. The van der Waals surface area contributed by atoms with Crippen LogP contribution in [0.4, 0.5) is 0 Å². The lowest BCUT2D eigenvalue weighted by Crippen LogP contribution is -2.06. The standard InChI is InChI=1S/C10H10O3S.C4H6OS.C3H3Br.C3H3Cl.C3H3I.C3H4O.Cl2OS/c1-3-8-13-14(11,12)10-6-4-9(2)5-7-10;1-2-3-5-4-6;4*1-2-3-4;1-4(2)3/h1,4-7H,8H2,2H3;1,6H,3-4H2;3*1H,3H2;1,4H,3H2;. The molecule has 0 saturated heterocycles. The number of ether oxygens (including phenoxy) is 1. The van der Waals surface area contributed by atoms with Gasteiger partial charge in [0.05, 0.1) is 26.5 Å². The molecule has 40 heavy (non-hydrogen) atoms. The fourth-order valence-electron chi connectivity index (χ4n) is 0.989. The molecule has 0 aliphatic rings. The summed E-state index contributed by atoms with van der Waals surface area (Å²) in [5.74, 6) is 14.1. The zero-order chi connectivity index (χ0) is 32.7. The number of terminal acetylenes is 6. The van der Waals surface area contributed by atoms with Crippen molar-refractivity contribution in [2.75, 3.05) is 41.4 Å². The van der Waals surface area contributed by atoms with E-state index in [0.717, 1.165) is 9.99 Å². The van der Waals surface area contributed by atoms with Gasteiger partial charge in [-0.3, -0.25) is 4.18 Å². The number of aryl methyl sites for hydroxylation is 1. The second-order valence-electron chi connectivity index (χ2n) is 4.97. The van der Waals surface area contributed by atoms with Gasteiger partial charge in [-0.1, -0.05) is 91.7 Å². The van der Waals surface area contributed by atoms with Crippen LogP contribution in [0, 0.1) is 81.0 Å². The SMILES string of the molecule is C#CCBr.C#CCCl.C#CCI.C#CCO.C#CCOCS.C#CCOS(=O)(=O)c1ccc(C)cc1.O=S(Cl)Cl. The number of rotatable bonds is 5. The number of halogens is 5. The molecule has 0 fully saturated rings. The van der Waals surface area contributed by atoms with Gasteiger partial charge in [0.25, 0.3) is 10.1 Å². The fraction of sp³-hybridized carbons (Fsp3) is 0.308. The number of alkyl halides is 3. The summed E-state index contributed by atoms with van der Waals surface area (Å²) in [7, 11) is 3.68. The summed E-state index contributed by atoms with van der Waals surface area (Å²) in [5.41, 5.74) is 0.987. The van der Waals surface area contributed by atoms with E-state index in [2.05, 4.69) is 124 Å². The largest absolute Gasteiger partial charge is 0.384 e. The van der Waals surface area contributed by atoms with Crippen LogP contribution in [-0.2, 0) is 28.3 Å². The molecule has 0 bridgehead atoms. The Balaban J connectivity index is -0.0000000937. The van der Waals surface area contributed by atoms with E-state index < -0.39 is 19.3 Å². The molecule has 0 aliphatic carbocycles. The molecule has 14 heteroatoms. The van der Waals surface area contributed by atoms with Gasteiger partial charge in [-0.15, -0.1) is 50.1 Å². The van der Waals surface area contributed by atoms with Gasteiger partial charge in [-0.2, -0.15) is 21.0 Å². The van der Waals surface area contributed by atoms with Crippen molar-refractivity contribution in [3.8, 4) is 74.1 Å². The van der Waals surface area contributed by atoms with Gasteiger partial charge >= 0.3 is 0 Å². The van der Waals surface area contributed by atoms with Gasteiger partial charge in [0, 0.05) is 21.4 Å². The normalized spacial score (nSPS) is 7.78. The Labute approximate surface area is 284 Å². The Morgan fingerprint density at radius 2 is 1.35 bits per heavy atom. The molecular formula is C26H29BrCl3IO6S3. The van der Waals surface area contributed by atoms with Crippen molar-refractivity contribution in [2.24, 2.45) is 0 Å². The second-order valence-corrected chi connectivity index (χ2v) is 11.0. The third-order valence-electron chi connectivity index (χ3n) is 2.21. The smallest absolute Gasteiger partial charge is 0.297 e. The topological polar surface area (TPSA) is 89.9 Å². The monoisotopic (exact) mass is 844 g/mol. The summed E-state index contributed by atoms with van der Waals surface area (Å²) in [6, 6.07) is 6.38. The number of thiol groups is 1. The highest BCUT2D eigenvalue weighted by molar-refractivity contribution is 14.1. The van der Waals surface area contributed by atoms with Crippen LogP contribution >= 0.6 is 84.1 Å². The summed E-state index contributed by atoms with van der Waals surface area (Å²) in [5, 5.41) is 8.30. The number of hydrogen-bond acceptors (Lipinski definition) is 7. The maximum Gasteiger partial charge on any atom is 0.297 e. The van der Waals surface area contributed by atoms with E-state index in [9.17, 15) is 8.42 Å². The first kappa shape index (κ1) is 51.7. The van der Waals surface area contributed by atoms with Crippen LogP contribution in [-0.4, -0.2) is 59.1 Å². The first-order valence-corrected chi connectivity index (χ1v) is 17.7. The first-order valence-electron chi connectivity index (χ1n) is 9.65. The van der Waals surface area contributed by atoms with E-state index >= 15 is 0 Å². The molecule has 0 aliphatic heterocycles. The van der Waals surface area contributed by atoms with Gasteiger partial charge < -0.3 is 9.84 Å². The lowest BCUT2D eigenvalue weighted by Gasteiger charge is -2.02. The summed E-state index contributed by atoms with van der Waals surface area (Å²) < 4.78 is 41.8. The van der Waals surface area contributed by atoms with Crippen LogP contribution in [0.5, 0.6) is 0 Å². The van der Waals surface area contributed by atoms with Crippen molar-refractivity contribution in [3.63, 3.8) is 0 Å². The van der Waals surface area contributed by atoms with Crippen LogP contribution < -0.4 is 0 Å². The van der Waals surface area contributed by atoms with Gasteiger partial charge in [0.1, 0.15) is 19.8 Å². The Kier molecular flexibility index (Phi) is 61.7. The Hall–Kier alpha value is -1.01. The zero-order valence-electron chi connectivity index (χ0n) is 21.4. The average Bonchev–Trinajstić information content (AvgIpc) is 2.95. The fourth-order valence-corrected chi connectivity index (χ4v) is 1.91. The first-order chi connectivity index (χ1) is 18.9. The maximum absolute atomic E-state index is 11.4. The molecule has 0 atom stereocenters. The van der Waals surface area contributed by atoms with Crippen molar-refractivity contribution >= 4 is 103 Å². The number of hydrogen-bond donors (Lipinski definition) is 2. The minimum Gasteiger partial charge on any atom is -0.384 e. The molecular weight excluding hydrogens is 818 g/mol. The van der Waals surface area contributed by atoms with E-state index in [-0.39, 0.29) is 18.1 Å². The lowest BCUT2D eigenvalue weighted by molar-refractivity contribution is 0.223. The Morgan fingerprint density at radius 1 is 0.975 bits per heavy atom. The highest BCUT2D eigenvalue weighted by atomic mass is 127. The third kappa shape index (κ3) is 65.8. The minimum atomic E-state index is -3.68. The maximum atomic E-state index is 11.4. The molecule has 0 spiro atoms. The highest BCUT2D eigenvalue weighted by Gasteiger charge is 2.13. The van der Waals surface area contributed by atoms with E-state index in [1.807, 2.05) is 12.8 Å². The molecule has 0 heterocycles. The van der Waals surface area contributed by atoms with E-state index in [4.69, 9.17) is 46.6 Å². The number of aliphatic hydroxyl groups excluding tert-OH is 1. The summed E-state index contributed by atoms with van der Waals surface area (Å²) in [6.45, 7) is 1.85. The van der Waals surface area contributed by atoms with Crippen molar-refractivity contribution in [3.05, 3.63) is 29.8 Å². The van der Waals surface area contributed by atoms with E-state index in [1.165, 1.54) is 12.1 Å². The molecule has 222 valence electrons. The van der Waals surface area contributed by atoms with E-state index in [1.54, 1.807) is 12.1 Å². The molecule has 0 radical (unpaired) electrons. The van der Waals surface area contributed by atoms with Crippen molar-refractivity contribution in [1.29, 1.82) is 0 Å². The molecule has 0 amide bonds. The van der Waals surface area contributed by atoms with Gasteiger partial charge in [-0.25, -0.2) is 4.21 Å². The van der Waals surface area contributed by atoms with Crippen LogP contribution in [0.3, 0.4) is 0 Å². The Bertz CT molecular complexity index is 1020. The lowest BCUT2D eigenvalue weighted by atomic mass is 10.2. The summed E-state index contributed by atoms with van der Waals surface area (Å²) >= 11 is 13.8. The Morgan fingerprint density at radius 3 is 1.55 bits per heavy atom. The quantitative estimate of drug-likeness (QED) is 0.0601. The van der Waals surface area contributed by atoms with Crippen molar-refractivity contribution in [2.45, 2.75) is 11.8 Å². The van der Waals surface area contributed by atoms with Crippen LogP contribution in [0.2, 0.25) is 0 Å². The summed E-state index contributed by atoms with van der Waals surface area (Å²) in [4.78, 5) is 0.123. The molecule has 1 N–H and O–H groups in total. The van der Waals surface area contributed by atoms with Crippen LogP contribution in [0.15, 0.2) is 29.2 Å². The predicted octanol–water partition coefficient (Wildman–Crippen LogP) is 5.44. The van der Waals surface area contributed by atoms with Gasteiger partial charge in [0.2, 0.25) is 9.23 Å². The number of benzene rings is 1. The van der Waals surface area contributed by atoms with Gasteiger partial charge in [-0.05, 0) is 19.1 Å². The van der Waals surface area contributed by atoms with Gasteiger partial charge in [0.15, 0.2) is 0 Å². The van der Waals surface area contributed by atoms with E-state index in [0.29, 0.717) is 23.8 Å². The van der Waals surface area contributed by atoms with Crippen molar-refractivity contribution < 1.29 is 26.7 Å². The average molecular weight is 847 g/mol. The highest BCUT2D eigenvalue weighted by Crippen LogP contribution is 2.12. The van der Waals surface area contributed by atoms with Crippen LogP contribution in [0.1, 0.15) is 5.56 Å². The second kappa shape index (κ2) is 47.8. The minimum absolute atomic E-state index is 0.123. The van der Waals surface area contributed by atoms with Crippen molar-refractivity contribution in [1.82, 2.24) is 0 Å². The molecule has 0 saturated carbocycles. The predicted molar refractivity (Wildman–Crippen MR) is 187 cm³/mol. The molecule has 1 aromatic rings. The van der Waals surface area contributed by atoms with Crippen LogP contribution in [0.25, 0.3) is 0 Å². The third-order valence-corrected chi connectivity index (χ3v) is 4.59. The molecule has 1 aromatic carbocycles.